The van der Waals surface area contributed by atoms with Gasteiger partial charge in [0.25, 0.3) is 5.69 Å². The van der Waals surface area contributed by atoms with Gasteiger partial charge in [-0.15, -0.1) is 0 Å². The lowest BCUT2D eigenvalue weighted by molar-refractivity contribution is -0.384. The first-order valence-corrected chi connectivity index (χ1v) is 6.83. The van der Waals surface area contributed by atoms with E-state index in [4.69, 9.17) is 5.26 Å². The van der Waals surface area contributed by atoms with Gasteiger partial charge in [-0.1, -0.05) is 31.2 Å². The van der Waals surface area contributed by atoms with E-state index < -0.39 is 0 Å². The number of hydrogen-bond donors (Lipinski definition) is 0. The fraction of sp³-hybridized carbons (Fsp3) is 0.235. The van der Waals surface area contributed by atoms with Crippen molar-refractivity contribution in [3.05, 3.63) is 75.3 Å². The van der Waals surface area contributed by atoms with Gasteiger partial charge in [0.2, 0.25) is 0 Å². The maximum Gasteiger partial charge on any atom is 0.269 e. The maximum atomic E-state index is 10.6. The summed E-state index contributed by atoms with van der Waals surface area (Å²) < 4.78 is 0. The zero-order valence-corrected chi connectivity index (χ0v) is 11.8. The number of hydrogen-bond acceptors (Lipinski definition) is 3. The van der Waals surface area contributed by atoms with Crippen molar-refractivity contribution in [1.29, 1.82) is 5.26 Å². The highest BCUT2D eigenvalue weighted by Gasteiger charge is 2.09. The molecule has 2 aromatic rings. The smallest absolute Gasteiger partial charge is 0.258 e. The van der Waals surface area contributed by atoms with E-state index in [9.17, 15) is 10.1 Å². The molecule has 0 aliphatic heterocycles. The molecule has 0 aliphatic rings. The molecule has 0 spiro atoms. The average molecular weight is 280 g/mol. The summed E-state index contributed by atoms with van der Waals surface area (Å²) in [6, 6.07) is 16.4. The molecule has 0 bridgehead atoms. The molecular weight excluding hydrogens is 264 g/mol. The molecule has 0 aliphatic carbocycles. The van der Waals surface area contributed by atoms with Gasteiger partial charge in [-0.05, 0) is 42.0 Å². The van der Waals surface area contributed by atoms with Crippen LogP contribution in [0.25, 0.3) is 0 Å². The molecule has 21 heavy (non-hydrogen) atoms. The number of non-ortho nitro benzene ring substituents is 1. The molecule has 2 aromatic carbocycles. The Morgan fingerprint density at radius 1 is 1.14 bits per heavy atom. The van der Waals surface area contributed by atoms with Crippen LogP contribution in [0, 0.1) is 21.4 Å². The van der Waals surface area contributed by atoms with Crippen LogP contribution in [-0.4, -0.2) is 4.92 Å². The molecule has 4 heteroatoms. The lowest BCUT2D eigenvalue weighted by Crippen LogP contribution is -1.97. The second kappa shape index (κ2) is 6.67. The van der Waals surface area contributed by atoms with E-state index in [0.29, 0.717) is 11.5 Å². The van der Waals surface area contributed by atoms with Gasteiger partial charge in [0, 0.05) is 12.1 Å². The fourth-order valence-corrected chi connectivity index (χ4v) is 2.22. The zero-order chi connectivity index (χ0) is 15.2. The SMILES string of the molecule is CC(CCc1ccc(C#N)cc1)c1ccc([N+](=O)[O-])cc1. The number of rotatable bonds is 5. The molecule has 0 saturated carbocycles. The quantitative estimate of drug-likeness (QED) is 0.608. The molecule has 0 aromatic heterocycles. The summed E-state index contributed by atoms with van der Waals surface area (Å²) in [5.41, 5.74) is 3.09. The lowest BCUT2D eigenvalue weighted by atomic mass is 9.94. The number of nitrogens with zero attached hydrogens (tertiary/aromatic N) is 2. The van der Waals surface area contributed by atoms with Crippen molar-refractivity contribution >= 4 is 5.69 Å². The lowest BCUT2D eigenvalue weighted by Gasteiger charge is -2.11. The van der Waals surface area contributed by atoms with Crippen LogP contribution in [-0.2, 0) is 6.42 Å². The first kappa shape index (κ1) is 14.7. The third-order valence-electron chi connectivity index (χ3n) is 3.62. The van der Waals surface area contributed by atoms with E-state index in [0.717, 1.165) is 18.4 Å². The summed E-state index contributed by atoms with van der Waals surface area (Å²) in [4.78, 5) is 10.2. The van der Waals surface area contributed by atoms with Crippen molar-refractivity contribution in [2.75, 3.05) is 0 Å². The second-order valence-electron chi connectivity index (χ2n) is 5.10. The summed E-state index contributed by atoms with van der Waals surface area (Å²) in [5, 5.41) is 19.4. The van der Waals surface area contributed by atoms with Crippen molar-refractivity contribution in [1.82, 2.24) is 0 Å². The summed E-state index contributed by atoms with van der Waals surface area (Å²) in [6.07, 6.45) is 1.88. The second-order valence-corrected chi connectivity index (χ2v) is 5.10. The number of nitro groups is 1. The van der Waals surface area contributed by atoms with Crippen LogP contribution < -0.4 is 0 Å². The largest absolute Gasteiger partial charge is 0.269 e. The van der Waals surface area contributed by atoms with Crippen LogP contribution in [0.15, 0.2) is 48.5 Å². The molecule has 0 heterocycles. The monoisotopic (exact) mass is 280 g/mol. The molecule has 0 radical (unpaired) electrons. The van der Waals surface area contributed by atoms with Crippen LogP contribution in [0.5, 0.6) is 0 Å². The van der Waals surface area contributed by atoms with Gasteiger partial charge < -0.3 is 0 Å². The third-order valence-corrected chi connectivity index (χ3v) is 3.62. The van der Waals surface area contributed by atoms with Gasteiger partial charge in [-0.25, -0.2) is 0 Å². The van der Waals surface area contributed by atoms with Gasteiger partial charge in [0.15, 0.2) is 0 Å². The summed E-state index contributed by atoms with van der Waals surface area (Å²) >= 11 is 0. The first-order chi connectivity index (χ1) is 10.1. The Labute approximate surface area is 123 Å². The van der Waals surface area contributed by atoms with E-state index in [-0.39, 0.29) is 10.6 Å². The van der Waals surface area contributed by atoms with Crippen LogP contribution in [0.4, 0.5) is 5.69 Å². The van der Waals surface area contributed by atoms with E-state index in [1.165, 1.54) is 5.56 Å². The molecular formula is C17H16N2O2. The molecule has 1 unspecified atom stereocenters. The Morgan fingerprint density at radius 3 is 2.29 bits per heavy atom. The van der Waals surface area contributed by atoms with E-state index in [1.807, 2.05) is 36.4 Å². The Balaban J connectivity index is 1.96. The Morgan fingerprint density at radius 2 is 1.76 bits per heavy atom. The third kappa shape index (κ3) is 3.90. The van der Waals surface area contributed by atoms with Gasteiger partial charge >= 0.3 is 0 Å². The molecule has 0 fully saturated rings. The molecule has 0 amide bonds. The highest BCUT2D eigenvalue weighted by molar-refractivity contribution is 5.35. The highest BCUT2D eigenvalue weighted by Crippen LogP contribution is 2.23. The Kier molecular flexibility index (Phi) is 4.68. The summed E-state index contributed by atoms with van der Waals surface area (Å²) in [5.74, 6) is 0.335. The van der Waals surface area contributed by atoms with Crippen molar-refractivity contribution in [3.63, 3.8) is 0 Å². The topological polar surface area (TPSA) is 66.9 Å². The normalized spacial score (nSPS) is 11.6. The molecule has 0 saturated heterocycles. The highest BCUT2D eigenvalue weighted by atomic mass is 16.6. The zero-order valence-electron chi connectivity index (χ0n) is 11.8. The number of nitriles is 1. The number of nitro benzene ring substituents is 1. The maximum absolute atomic E-state index is 10.6. The number of benzene rings is 2. The molecule has 106 valence electrons. The van der Waals surface area contributed by atoms with E-state index >= 15 is 0 Å². The van der Waals surface area contributed by atoms with Crippen molar-refractivity contribution in [3.8, 4) is 6.07 Å². The first-order valence-electron chi connectivity index (χ1n) is 6.83. The minimum atomic E-state index is -0.384. The van der Waals surface area contributed by atoms with Crippen LogP contribution in [0.3, 0.4) is 0 Å². The van der Waals surface area contributed by atoms with Gasteiger partial charge in [0.05, 0.1) is 16.6 Å². The average Bonchev–Trinajstić information content (AvgIpc) is 2.53. The van der Waals surface area contributed by atoms with Gasteiger partial charge in [-0.2, -0.15) is 5.26 Å². The van der Waals surface area contributed by atoms with Crippen LogP contribution in [0.2, 0.25) is 0 Å². The van der Waals surface area contributed by atoms with Crippen molar-refractivity contribution in [2.45, 2.75) is 25.7 Å². The Hall–Kier alpha value is -2.67. The molecule has 4 nitrogen and oxygen atoms in total. The van der Waals surface area contributed by atoms with E-state index in [2.05, 4.69) is 13.0 Å². The Bertz CT molecular complexity index is 655. The predicted octanol–water partition coefficient (Wildman–Crippen LogP) is 4.20. The predicted molar refractivity (Wildman–Crippen MR) is 81.0 cm³/mol. The fourth-order valence-electron chi connectivity index (χ4n) is 2.22. The molecule has 0 N–H and O–H groups in total. The van der Waals surface area contributed by atoms with Crippen LogP contribution in [0.1, 0.15) is 36.0 Å². The minimum absolute atomic E-state index is 0.123. The van der Waals surface area contributed by atoms with Gasteiger partial charge in [-0.3, -0.25) is 10.1 Å². The summed E-state index contributed by atoms with van der Waals surface area (Å²) in [7, 11) is 0. The standard InChI is InChI=1S/C17H16N2O2/c1-13(16-8-10-17(11-9-16)19(20)21)2-3-14-4-6-15(12-18)7-5-14/h4-11,13H,2-3H2,1H3. The van der Waals surface area contributed by atoms with Gasteiger partial charge in [0.1, 0.15) is 0 Å². The van der Waals surface area contributed by atoms with Crippen LogP contribution >= 0.6 is 0 Å². The molecule has 2 rings (SSSR count). The molecule has 1 atom stereocenters. The van der Waals surface area contributed by atoms with E-state index in [1.54, 1.807) is 12.1 Å². The summed E-state index contributed by atoms with van der Waals surface area (Å²) in [6.45, 7) is 2.12. The van der Waals surface area contributed by atoms with Crippen molar-refractivity contribution in [2.24, 2.45) is 0 Å². The van der Waals surface area contributed by atoms with Crippen molar-refractivity contribution < 1.29 is 4.92 Å². The minimum Gasteiger partial charge on any atom is -0.258 e. The number of aryl methyl sites for hydroxylation is 1.